The number of sulfonamides is 1. The minimum atomic E-state index is -3.73. The molecule has 4 rings (SSSR count). The van der Waals surface area contributed by atoms with E-state index >= 15 is 0 Å². The molecular formula is C20H20ClN5O4S2. The molecule has 1 aliphatic rings. The second-order valence-electron chi connectivity index (χ2n) is 7.29. The van der Waals surface area contributed by atoms with Crippen LogP contribution in [0.15, 0.2) is 53.4 Å². The van der Waals surface area contributed by atoms with Crippen molar-refractivity contribution in [2.75, 3.05) is 31.1 Å². The van der Waals surface area contributed by atoms with E-state index in [-0.39, 0.29) is 10.6 Å². The van der Waals surface area contributed by atoms with Gasteiger partial charge in [-0.15, -0.1) is 0 Å². The second kappa shape index (κ2) is 9.49. The van der Waals surface area contributed by atoms with E-state index in [0.29, 0.717) is 49.9 Å². The lowest BCUT2D eigenvalue weighted by Gasteiger charge is -2.21. The fourth-order valence-corrected chi connectivity index (χ4v) is 5.78. The van der Waals surface area contributed by atoms with E-state index < -0.39 is 14.9 Å². The van der Waals surface area contributed by atoms with Crippen LogP contribution in [0.2, 0.25) is 5.02 Å². The summed E-state index contributed by atoms with van der Waals surface area (Å²) in [6, 6.07) is 12.5. The van der Waals surface area contributed by atoms with E-state index in [1.165, 1.54) is 40.1 Å². The number of aromatic nitrogens is 2. The van der Waals surface area contributed by atoms with E-state index in [1.54, 1.807) is 0 Å². The zero-order chi connectivity index (χ0) is 22.7. The zero-order valence-electron chi connectivity index (χ0n) is 16.9. The van der Waals surface area contributed by atoms with E-state index in [1.807, 2.05) is 29.2 Å². The van der Waals surface area contributed by atoms with Crippen molar-refractivity contribution in [1.29, 1.82) is 0 Å². The Hall–Kier alpha value is -2.60. The molecule has 2 aromatic carbocycles. The third-order valence-electron chi connectivity index (χ3n) is 5.14. The normalized spacial score (nSPS) is 15.5. The third-order valence-corrected chi connectivity index (χ3v) is 8.12. The first-order valence-corrected chi connectivity index (χ1v) is 12.5. The lowest BCUT2D eigenvalue weighted by Crippen LogP contribution is -2.35. The Balaban J connectivity index is 1.42. The van der Waals surface area contributed by atoms with Crippen molar-refractivity contribution in [3.05, 3.63) is 75.1 Å². The maximum Gasteiger partial charge on any atom is 0.269 e. The fourth-order valence-electron chi connectivity index (χ4n) is 3.44. The molecule has 1 fully saturated rings. The number of hydrogen-bond donors (Lipinski definition) is 0. The van der Waals surface area contributed by atoms with Gasteiger partial charge in [-0.05, 0) is 36.2 Å². The zero-order valence-corrected chi connectivity index (χ0v) is 19.3. The molecule has 2 heterocycles. The Morgan fingerprint density at radius 1 is 1.03 bits per heavy atom. The van der Waals surface area contributed by atoms with Crippen molar-refractivity contribution < 1.29 is 13.3 Å². The number of non-ortho nitro benzene ring substituents is 1. The van der Waals surface area contributed by atoms with Gasteiger partial charge in [-0.1, -0.05) is 23.7 Å². The molecule has 0 spiro atoms. The summed E-state index contributed by atoms with van der Waals surface area (Å²) in [4.78, 5) is 17.0. The van der Waals surface area contributed by atoms with Gasteiger partial charge in [-0.3, -0.25) is 10.1 Å². The summed E-state index contributed by atoms with van der Waals surface area (Å²) in [5, 5.41) is 12.3. The summed E-state index contributed by atoms with van der Waals surface area (Å²) in [5.41, 5.74) is 0.923. The van der Waals surface area contributed by atoms with E-state index in [9.17, 15) is 18.5 Å². The quantitative estimate of drug-likeness (QED) is 0.381. The van der Waals surface area contributed by atoms with Crippen molar-refractivity contribution in [3.63, 3.8) is 0 Å². The number of anilines is 1. The van der Waals surface area contributed by atoms with Gasteiger partial charge in [0.05, 0.1) is 9.82 Å². The van der Waals surface area contributed by atoms with Crippen molar-refractivity contribution in [2.45, 2.75) is 17.7 Å². The Labute approximate surface area is 194 Å². The molecule has 0 radical (unpaired) electrons. The molecule has 0 unspecified atom stereocenters. The average Bonchev–Trinajstić information content (AvgIpc) is 3.09. The smallest absolute Gasteiger partial charge is 0.269 e. The minimum absolute atomic E-state index is 0.0534. The van der Waals surface area contributed by atoms with E-state index in [2.05, 4.69) is 9.36 Å². The number of rotatable bonds is 6. The summed E-state index contributed by atoms with van der Waals surface area (Å²) in [6.07, 6.45) is 1.24. The molecule has 0 N–H and O–H groups in total. The van der Waals surface area contributed by atoms with Crippen LogP contribution in [-0.2, 0) is 16.4 Å². The number of nitro benzene ring substituents is 1. The standard InChI is InChI=1S/C20H20ClN5O4S2/c21-16-4-2-15(3-5-16)14-19-22-20(31-23-19)24-10-1-11-25(13-12-24)32(29,30)18-8-6-17(7-9-18)26(27)28/h2-9H,1,10-14H2. The molecular weight excluding hydrogens is 474 g/mol. The first-order chi connectivity index (χ1) is 15.3. The van der Waals surface area contributed by atoms with Gasteiger partial charge in [0, 0.05) is 61.3 Å². The van der Waals surface area contributed by atoms with Crippen LogP contribution >= 0.6 is 23.1 Å². The summed E-state index contributed by atoms with van der Waals surface area (Å²) in [6.45, 7) is 1.82. The summed E-state index contributed by atoms with van der Waals surface area (Å²) >= 11 is 7.23. The number of nitrogens with zero attached hydrogens (tertiary/aromatic N) is 5. The monoisotopic (exact) mass is 493 g/mol. The lowest BCUT2D eigenvalue weighted by atomic mass is 10.1. The van der Waals surface area contributed by atoms with Crippen LogP contribution in [0.5, 0.6) is 0 Å². The minimum Gasteiger partial charge on any atom is -0.345 e. The molecule has 0 atom stereocenters. The van der Waals surface area contributed by atoms with E-state index in [0.717, 1.165) is 10.7 Å². The highest BCUT2D eigenvalue weighted by Crippen LogP contribution is 2.24. The molecule has 32 heavy (non-hydrogen) atoms. The van der Waals surface area contributed by atoms with Crippen LogP contribution in [-0.4, -0.2) is 53.2 Å². The Bertz CT molecular complexity index is 1200. The Kier molecular flexibility index (Phi) is 6.70. The molecule has 0 bridgehead atoms. The topological polar surface area (TPSA) is 110 Å². The van der Waals surface area contributed by atoms with Gasteiger partial charge >= 0.3 is 0 Å². The highest BCUT2D eigenvalue weighted by Gasteiger charge is 2.28. The maximum absolute atomic E-state index is 13.0. The van der Waals surface area contributed by atoms with Gasteiger partial charge in [-0.25, -0.2) is 13.4 Å². The third kappa shape index (κ3) is 5.07. The fraction of sp³-hybridized carbons (Fsp3) is 0.300. The number of nitro groups is 1. The molecule has 1 aliphatic heterocycles. The highest BCUT2D eigenvalue weighted by atomic mass is 35.5. The van der Waals surface area contributed by atoms with Gasteiger partial charge in [-0.2, -0.15) is 8.68 Å². The van der Waals surface area contributed by atoms with Crippen LogP contribution in [0.4, 0.5) is 10.8 Å². The maximum atomic E-state index is 13.0. The average molecular weight is 494 g/mol. The summed E-state index contributed by atoms with van der Waals surface area (Å²) < 4.78 is 31.9. The number of halogens is 1. The van der Waals surface area contributed by atoms with E-state index in [4.69, 9.17) is 11.6 Å². The predicted molar refractivity (Wildman–Crippen MR) is 123 cm³/mol. The highest BCUT2D eigenvalue weighted by molar-refractivity contribution is 7.89. The van der Waals surface area contributed by atoms with Crippen molar-refractivity contribution in [2.24, 2.45) is 0 Å². The van der Waals surface area contributed by atoms with Crippen LogP contribution in [0.25, 0.3) is 0 Å². The molecule has 3 aromatic rings. The van der Waals surface area contributed by atoms with Gasteiger partial charge in [0.25, 0.3) is 5.69 Å². The molecule has 9 nitrogen and oxygen atoms in total. The van der Waals surface area contributed by atoms with Crippen molar-refractivity contribution >= 4 is 44.0 Å². The van der Waals surface area contributed by atoms with Crippen molar-refractivity contribution in [1.82, 2.24) is 13.7 Å². The molecule has 0 amide bonds. The van der Waals surface area contributed by atoms with Crippen LogP contribution in [0, 0.1) is 10.1 Å². The van der Waals surface area contributed by atoms with Crippen LogP contribution < -0.4 is 4.90 Å². The largest absolute Gasteiger partial charge is 0.345 e. The first kappa shape index (κ1) is 22.6. The van der Waals surface area contributed by atoms with Gasteiger partial charge in [0.15, 0.2) is 0 Å². The van der Waals surface area contributed by atoms with Gasteiger partial charge in [0.2, 0.25) is 15.2 Å². The van der Waals surface area contributed by atoms with Crippen LogP contribution in [0.1, 0.15) is 17.8 Å². The Morgan fingerprint density at radius 2 is 1.75 bits per heavy atom. The second-order valence-corrected chi connectivity index (χ2v) is 10.4. The molecule has 1 saturated heterocycles. The van der Waals surface area contributed by atoms with Crippen LogP contribution in [0.3, 0.4) is 0 Å². The molecule has 168 valence electrons. The molecule has 1 aromatic heterocycles. The number of benzene rings is 2. The summed E-state index contributed by atoms with van der Waals surface area (Å²) in [5.74, 6) is 0.715. The number of hydrogen-bond acceptors (Lipinski definition) is 8. The molecule has 12 heteroatoms. The predicted octanol–water partition coefficient (Wildman–Crippen LogP) is 3.59. The van der Waals surface area contributed by atoms with Crippen molar-refractivity contribution in [3.8, 4) is 0 Å². The SMILES string of the molecule is O=[N+]([O-])c1ccc(S(=O)(=O)N2CCCN(c3nc(Cc4ccc(Cl)cc4)ns3)CC2)cc1. The Morgan fingerprint density at radius 3 is 2.44 bits per heavy atom. The molecule has 0 saturated carbocycles. The first-order valence-electron chi connectivity index (χ1n) is 9.89. The summed E-state index contributed by atoms with van der Waals surface area (Å²) in [7, 11) is -3.73. The van der Waals surface area contributed by atoms with Gasteiger partial charge in [0.1, 0.15) is 5.82 Å². The lowest BCUT2D eigenvalue weighted by molar-refractivity contribution is -0.384. The molecule has 0 aliphatic carbocycles. The van der Waals surface area contributed by atoms with Gasteiger partial charge < -0.3 is 4.90 Å².